The first kappa shape index (κ1) is 22.0. The number of alkyl halides is 2. The van der Waals surface area contributed by atoms with Gasteiger partial charge in [-0.15, -0.1) is 0 Å². The maximum atomic E-state index is 12.0. The molecule has 0 saturated carbocycles. The van der Waals surface area contributed by atoms with Crippen LogP contribution in [0.1, 0.15) is 11.7 Å². The van der Waals surface area contributed by atoms with E-state index in [0.717, 1.165) is 0 Å². The highest BCUT2D eigenvalue weighted by molar-refractivity contribution is 6.61. The second kappa shape index (κ2) is 9.39. The molecule has 2 atom stereocenters. The van der Waals surface area contributed by atoms with Gasteiger partial charge in [0.15, 0.2) is 4.84 Å². The third kappa shape index (κ3) is 5.06. The molecule has 0 unspecified atom stereocenters. The molecule has 0 bridgehead atoms. The first-order valence-corrected chi connectivity index (χ1v) is 9.48. The van der Waals surface area contributed by atoms with Gasteiger partial charge < -0.3 is 14.6 Å². The Kier molecular flexibility index (Phi) is 6.88. The van der Waals surface area contributed by atoms with Gasteiger partial charge in [-0.05, 0) is 23.2 Å². The number of hydrogen-bond acceptors (Lipinski definition) is 7. The summed E-state index contributed by atoms with van der Waals surface area (Å²) in [6.07, 6.45) is -0.778. The van der Waals surface area contributed by atoms with Crippen LogP contribution in [0.3, 0.4) is 0 Å². The highest BCUT2D eigenvalue weighted by Gasteiger charge is 2.39. The normalized spacial score (nSPS) is 18.8. The minimum Gasteiger partial charge on any atom is -0.405 e. The molecule has 156 valence electrons. The highest BCUT2D eigenvalue weighted by atomic mass is 35.5. The second-order valence-corrected chi connectivity index (χ2v) is 7.43. The molecule has 2 aromatic carbocycles. The number of hydrogen-bond donors (Lipinski definition) is 1. The molecular weight excluding hydrogens is 440 g/mol. The Bertz CT molecular complexity index is 961. The molecule has 1 saturated heterocycles. The van der Waals surface area contributed by atoms with E-state index in [1.165, 1.54) is 42.5 Å². The summed E-state index contributed by atoms with van der Waals surface area (Å²) in [5, 5.41) is 24.6. The quantitative estimate of drug-likeness (QED) is 0.307. The Morgan fingerprint density at radius 2 is 1.77 bits per heavy atom. The van der Waals surface area contributed by atoms with E-state index in [1.54, 1.807) is 6.07 Å². The number of carbonyl (C=O) groups is 1. The largest absolute Gasteiger partial charge is 0.494 e. The Morgan fingerprint density at radius 1 is 1.10 bits per heavy atom. The summed E-state index contributed by atoms with van der Waals surface area (Å²) in [5.41, 5.74) is 0.705. The number of amides is 1. The standard InChI is InChI=1S/C17H14BCl2N3O7/c19-16(20)17(24)21-14-9-29-18(11-2-1-3-13(8-11)23(27)28)30-15(14)10-4-6-12(7-5-10)22(25)26/h1-8,14-16H,9H2,(H,21,24)/t14-,15+/m0/s1. The zero-order valence-corrected chi connectivity index (χ0v) is 16.7. The van der Waals surface area contributed by atoms with Gasteiger partial charge in [-0.1, -0.05) is 35.3 Å². The third-order valence-corrected chi connectivity index (χ3v) is 4.77. The number of carbonyl (C=O) groups excluding carboxylic acids is 1. The van der Waals surface area contributed by atoms with Crippen LogP contribution in [0.15, 0.2) is 48.5 Å². The number of nitrogens with zero attached hydrogens (tertiary/aromatic N) is 2. The maximum absolute atomic E-state index is 12.0. The molecule has 1 aliphatic heterocycles. The van der Waals surface area contributed by atoms with E-state index in [-0.39, 0.29) is 18.0 Å². The third-order valence-electron chi connectivity index (χ3n) is 4.37. The predicted molar refractivity (Wildman–Crippen MR) is 109 cm³/mol. The molecule has 0 aliphatic carbocycles. The number of halogens is 2. The summed E-state index contributed by atoms with van der Waals surface area (Å²) in [4.78, 5) is 31.5. The van der Waals surface area contributed by atoms with Crippen molar-refractivity contribution in [3.63, 3.8) is 0 Å². The van der Waals surface area contributed by atoms with Crippen LogP contribution >= 0.6 is 23.2 Å². The molecule has 13 heteroatoms. The van der Waals surface area contributed by atoms with Crippen LogP contribution < -0.4 is 10.8 Å². The van der Waals surface area contributed by atoms with E-state index in [1.807, 2.05) is 0 Å². The Hall–Kier alpha value is -2.73. The molecule has 3 rings (SSSR count). The zero-order chi connectivity index (χ0) is 21.8. The van der Waals surface area contributed by atoms with Crippen molar-refractivity contribution in [3.05, 3.63) is 74.3 Å². The number of nitro benzene ring substituents is 2. The molecule has 2 aromatic rings. The number of benzene rings is 2. The fourth-order valence-corrected chi connectivity index (χ4v) is 3.09. The van der Waals surface area contributed by atoms with Crippen molar-refractivity contribution in [3.8, 4) is 0 Å². The Morgan fingerprint density at radius 3 is 2.37 bits per heavy atom. The first-order chi connectivity index (χ1) is 14.3. The van der Waals surface area contributed by atoms with Gasteiger partial charge in [0.2, 0.25) is 0 Å². The number of nitrogens with one attached hydrogen (secondary N) is 1. The SMILES string of the molecule is O=C(N[C@H]1COB(c2cccc([N+](=O)[O-])c2)O[C@@H]1c1ccc([N+](=O)[O-])cc1)C(Cl)Cl. The van der Waals surface area contributed by atoms with E-state index in [4.69, 9.17) is 32.5 Å². The monoisotopic (exact) mass is 453 g/mol. The van der Waals surface area contributed by atoms with Crippen molar-refractivity contribution < 1.29 is 23.9 Å². The van der Waals surface area contributed by atoms with E-state index in [0.29, 0.717) is 11.0 Å². The highest BCUT2D eigenvalue weighted by Crippen LogP contribution is 2.29. The topological polar surface area (TPSA) is 134 Å². The van der Waals surface area contributed by atoms with Crippen LogP contribution in [0, 0.1) is 20.2 Å². The second-order valence-electron chi connectivity index (χ2n) is 6.34. The van der Waals surface area contributed by atoms with Gasteiger partial charge in [0.05, 0.1) is 28.6 Å². The molecule has 0 aromatic heterocycles. The summed E-state index contributed by atoms with van der Waals surface area (Å²) in [7, 11) is -0.957. The molecule has 0 radical (unpaired) electrons. The maximum Gasteiger partial charge on any atom is 0.494 e. The van der Waals surface area contributed by atoms with Crippen molar-refractivity contribution in [1.29, 1.82) is 0 Å². The van der Waals surface area contributed by atoms with Crippen molar-refractivity contribution in [2.24, 2.45) is 0 Å². The first-order valence-electron chi connectivity index (χ1n) is 8.60. The molecule has 1 heterocycles. The number of non-ortho nitro benzene ring substituents is 2. The molecule has 0 spiro atoms. The smallest absolute Gasteiger partial charge is 0.405 e. The van der Waals surface area contributed by atoms with Gasteiger partial charge in [0.25, 0.3) is 17.3 Å². The molecular formula is C17H14BCl2N3O7. The van der Waals surface area contributed by atoms with Crippen molar-refractivity contribution in [2.75, 3.05) is 6.61 Å². The number of rotatable bonds is 6. The van der Waals surface area contributed by atoms with E-state index in [2.05, 4.69) is 5.32 Å². The minimum atomic E-state index is -1.31. The van der Waals surface area contributed by atoms with Crippen LogP contribution in [-0.2, 0) is 14.1 Å². The van der Waals surface area contributed by atoms with Crippen LogP contribution in [0.5, 0.6) is 0 Å². The van der Waals surface area contributed by atoms with Gasteiger partial charge in [-0.2, -0.15) is 0 Å². The zero-order valence-electron chi connectivity index (χ0n) is 15.1. The predicted octanol–water partition coefficient (Wildman–Crippen LogP) is 2.27. The summed E-state index contributed by atoms with van der Waals surface area (Å²) < 4.78 is 11.6. The molecule has 10 nitrogen and oxygen atoms in total. The lowest BCUT2D eigenvalue weighted by molar-refractivity contribution is -0.385. The lowest BCUT2D eigenvalue weighted by atomic mass is 9.76. The van der Waals surface area contributed by atoms with E-state index < -0.39 is 39.9 Å². The van der Waals surface area contributed by atoms with Crippen molar-refractivity contribution in [2.45, 2.75) is 17.0 Å². The van der Waals surface area contributed by atoms with Gasteiger partial charge in [0.1, 0.15) is 0 Å². The van der Waals surface area contributed by atoms with Gasteiger partial charge in [-0.25, -0.2) is 0 Å². The summed E-state index contributed by atoms with van der Waals surface area (Å²) in [5.74, 6) is -0.656. The Labute approximate surface area is 180 Å². The summed E-state index contributed by atoms with van der Waals surface area (Å²) >= 11 is 11.2. The minimum absolute atomic E-state index is 0.0126. The van der Waals surface area contributed by atoms with E-state index in [9.17, 15) is 25.0 Å². The van der Waals surface area contributed by atoms with Crippen LogP contribution in [0.2, 0.25) is 0 Å². The van der Waals surface area contributed by atoms with Crippen LogP contribution in [-0.4, -0.2) is 40.4 Å². The lowest BCUT2D eigenvalue weighted by Gasteiger charge is -2.36. The fourth-order valence-electron chi connectivity index (χ4n) is 2.97. The summed E-state index contributed by atoms with van der Waals surface area (Å²) in [6, 6.07) is 10.7. The molecule has 1 aliphatic rings. The molecule has 30 heavy (non-hydrogen) atoms. The molecule has 1 amide bonds. The lowest BCUT2D eigenvalue weighted by Crippen LogP contribution is -2.54. The summed E-state index contributed by atoms with van der Waals surface area (Å²) in [6.45, 7) is -0.0126. The van der Waals surface area contributed by atoms with E-state index >= 15 is 0 Å². The van der Waals surface area contributed by atoms with Gasteiger partial charge in [0, 0.05) is 24.3 Å². The average Bonchev–Trinajstić information content (AvgIpc) is 2.74. The van der Waals surface area contributed by atoms with Gasteiger partial charge >= 0.3 is 7.12 Å². The van der Waals surface area contributed by atoms with Crippen LogP contribution in [0.4, 0.5) is 11.4 Å². The number of nitro groups is 2. The van der Waals surface area contributed by atoms with Gasteiger partial charge in [-0.3, -0.25) is 25.0 Å². The average molecular weight is 454 g/mol. The molecule has 1 N–H and O–H groups in total. The van der Waals surface area contributed by atoms with Crippen molar-refractivity contribution in [1.82, 2.24) is 5.32 Å². The Balaban J connectivity index is 1.89. The fraction of sp³-hybridized carbons (Fsp3) is 0.235. The van der Waals surface area contributed by atoms with Crippen molar-refractivity contribution >= 4 is 53.1 Å². The van der Waals surface area contributed by atoms with Crippen LogP contribution in [0.25, 0.3) is 0 Å². The molecule has 1 fully saturated rings.